The number of nitrogens with zero attached hydrogens (tertiary/aromatic N) is 3. The molecule has 1 aromatic rings. The summed E-state index contributed by atoms with van der Waals surface area (Å²) >= 11 is 0. The van der Waals surface area contributed by atoms with Crippen LogP contribution in [-0.2, 0) is 0 Å². The van der Waals surface area contributed by atoms with Gasteiger partial charge in [-0.25, -0.2) is 0 Å². The molecule has 1 atom stereocenters. The number of rotatable bonds is 3. The van der Waals surface area contributed by atoms with Crippen LogP contribution in [0, 0.1) is 0 Å². The summed E-state index contributed by atoms with van der Waals surface area (Å²) in [6, 6.07) is 2.46. The number of likely N-dealkylation sites (tertiary alicyclic amines) is 1. The first-order chi connectivity index (χ1) is 11.3. The number of hydrogen-bond donors (Lipinski definition) is 0. The summed E-state index contributed by atoms with van der Waals surface area (Å²) in [5.41, 5.74) is 1.87. The number of carbonyl (C=O) groups excluding carboxylic acids is 1. The Bertz CT molecular complexity index is 523. The van der Waals surface area contributed by atoms with Crippen molar-refractivity contribution in [3.63, 3.8) is 0 Å². The van der Waals surface area contributed by atoms with Crippen molar-refractivity contribution in [2.24, 2.45) is 0 Å². The molecule has 0 spiro atoms. The standard InChI is InChI=1S/C19H29N3O/c1-2-17-9-5-8-12-22(17)19(23)16-13-18(15-20-14-16)21-10-6-3-4-7-11-21/h13-15,17H,2-12H2,1H3. The van der Waals surface area contributed by atoms with E-state index in [-0.39, 0.29) is 5.91 Å². The van der Waals surface area contributed by atoms with E-state index < -0.39 is 0 Å². The molecule has 1 aromatic heterocycles. The van der Waals surface area contributed by atoms with Crippen LogP contribution < -0.4 is 4.90 Å². The average Bonchev–Trinajstić information content (AvgIpc) is 2.90. The molecule has 0 N–H and O–H groups in total. The van der Waals surface area contributed by atoms with Crippen molar-refractivity contribution in [2.45, 2.75) is 64.3 Å². The van der Waals surface area contributed by atoms with Crippen LogP contribution in [0.1, 0.15) is 68.6 Å². The molecule has 4 nitrogen and oxygen atoms in total. The van der Waals surface area contributed by atoms with E-state index in [2.05, 4.69) is 27.8 Å². The second-order valence-corrected chi connectivity index (χ2v) is 6.89. The maximum Gasteiger partial charge on any atom is 0.255 e. The molecule has 2 aliphatic heterocycles. The Kier molecular flexibility index (Phi) is 5.52. The van der Waals surface area contributed by atoms with Gasteiger partial charge in [0.05, 0.1) is 17.4 Å². The number of pyridine rings is 1. The minimum atomic E-state index is 0.167. The van der Waals surface area contributed by atoms with Crippen LogP contribution in [0.4, 0.5) is 5.69 Å². The molecular formula is C19H29N3O. The third kappa shape index (κ3) is 3.85. The highest BCUT2D eigenvalue weighted by molar-refractivity contribution is 5.95. The fraction of sp³-hybridized carbons (Fsp3) is 0.684. The molecule has 2 saturated heterocycles. The molecule has 0 saturated carbocycles. The van der Waals surface area contributed by atoms with Gasteiger partial charge in [0, 0.05) is 31.9 Å². The first kappa shape index (κ1) is 16.3. The second kappa shape index (κ2) is 7.80. The Balaban J connectivity index is 1.76. The summed E-state index contributed by atoms with van der Waals surface area (Å²) in [6.45, 7) is 5.24. The highest BCUT2D eigenvalue weighted by Gasteiger charge is 2.26. The third-order valence-corrected chi connectivity index (χ3v) is 5.30. The van der Waals surface area contributed by atoms with Gasteiger partial charge in [0.15, 0.2) is 0 Å². The van der Waals surface area contributed by atoms with Crippen LogP contribution in [0.5, 0.6) is 0 Å². The van der Waals surface area contributed by atoms with Gasteiger partial charge in [-0.2, -0.15) is 0 Å². The van der Waals surface area contributed by atoms with Crippen LogP contribution in [-0.4, -0.2) is 41.5 Å². The SMILES string of the molecule is CCC1CCCCN1C(=O)c1cncc(N2CCCCCC2)c1. The Hall–Kier alpha value is -1.58. The van der Waals surface area contributed by atoms with Gasteiger partial charge in [-0.15, -0.1) is 0 Å². The van der Waals surface area contributed by atoms with Gasteiger partial charge in [0.2, 0.25) is 0 Å². The Morgan fingerprint density at radius 2 is 1.83 bits per heavy atom. The van der Waals surface area contributed by atoms with Crippen LogP contribution in [0.15, 0.2) is 18.5 Å². The molecule has 3 rings (SSSR count). The van der Waals surface area contributed by atoms with E-state index >= 15 is 0 Å². The molecule has 2 aliphatic rings. The lowest BCUT2D eigenvalue weighted by Crippen LogP contribution is -2.43. The van der Waals surface area contributed by atoms with Gasteiger partial charge in [-0.1, -0.05) is 19.8 Å². The number of carbonyl (C=O) groups is 1. The first-order valence-electron chi connectivity index (χ1n) is 9.30. The van der Waals surface area contributed by atoms with Gasteiger partial charge < -0.3 is 9.80 Å². The maximum atomic E-state index is 12.9. The second-order valence-electron chi connectivity index (χ2n) is 6.89. The van der Waals surface area contributed by atoms with Crippen molar-refractivity contribution in [1.82, 2.24) is 9.88 Å². The monoisotopic (exact) mass is 315 g/mol. The number of aromatic nitrogens is 1. The molecule has 3 heterocycles. The predicted octanol–water partition coefficient (Wildman–Crippen LogP) is 3.87. The van der Waals surface area contributed by atoms with Gasteiger partial charge in [-0.3, -0.25) is 9.78 Å². The van der Waals surface area contributed by atoms with E-state index in [0.29, 0.717) is 6.04 Å². The summed E-state index contributed by atoms with van der Waals surface area (Å²) in [4.78, 5) is 21.8. The molecule has 0 aliphatic carbocycles. The zero-order valence-electron chi connectivity index (χ0n) is 14.3. The lowest BCUT2D eigenvalue weighted by Gasteiger charge is -2.35. The highest BCUT2D eigenvalue weighted by atomic mass is 16.2. The van der Waals surface area contributed by atoms with E-state index in [0.717, 1.165) is 50.1 Å². The van der Waals surface area contributed by atoms with Crippen LogP contribution in [0.3, 0.4) is 0 Å². The molecule has 4 heteroatoms. The predicted molar refractivity (Wildman–Crippen MR) is 93.9 cm³/mol. The summed E-state index contributed by atoms with van der Waals surface area (Å²) in [5, 5.41) is 0. The Morgan fingerprint density at radius 1 is 1.09 bits per heavy atom. The summed E-state index contributed by atoms with van der Waals surface area (Å²) in [6.07, 6.45) is 13.3. The summed E-state index contributed by atoms with van der Waals surface area (Å²) in [7, 11) is 0. The molecule has 2 fully saturated rings. The van der Waals surface area contributed by atoms with Crippen molar-refractivity contribution >= 4 is 11.6 Å². The van der Waals surface area contributed by atoms with Crippen molar-refractivity contribution in [1.29, 1.82) is 0 Å². The Labute approximate surface area is 139 Å². The molecule has 1 amide bonds. The lowest BCUT2D eigenvalue weighted by atomic mass is 9.99. The third-order valence-electron chi connectivity index (χ3n) is 5.30. The van der Waals surface area contributed by atoms with Gasteiger partial charge in [-0.05, 0) is 44.6 Å². The van der Waals surface area contributed by atoms with Crippen molar-refractivity contribution < 1.29 is 4.79 Å². The number of anilines is 1. The molecule has 126 valence electrons. The molecular weight excluding hydrogens is 286 g/mol. The average molecular weight is 315 g/mol. The zero-order chi connectivity index (χ0) is 16.1. The van der Waals surface area contributed by atoms with E-state index in [9.17, 15) is 4.79 Å². The lowest BCUT2D eigenvalue weighted by molar-refractivity contribution is 0.0607. The van der Waals surface area contributed by atoms with E-state index in [1.807, 2.05) is 6.20 Å². The minimum absolute atomic E-state index is 0.167. The van der Waals surface area contributed by atoms with Gasteiger partial charge in [0.1, 0.15) is 0 Å². The first-order valence-corrected chi connectivity index (χ1v) is 9.30. The normalized spacial score (nSPS) is 22.7. The zero-order valence-corrected chi connectivity index (χ0v) is 14.3. The quantitative estimate of drug-likeness (QED) is 0.849. The Morgan fingerprint density at radius 3 is 2.57 bits per heavy atom. The highest BCUT2D eigenvalue weighted by Crippen LogP contribution is 2.24. The van der Waals surface area contributed by atoms with Gasteiger partial charge in [0.25, 0.3) is 5.91 Å². The molecule has 1 unspecified atom stereocenters. The molecule has 0 radical (unpaired) electrons. The molecule has 0 aromatic carbocycles. The van der Waals surface area contributed by atoms with Crippen molar-refractivity contribution in [3.8, 4) is 0 Å². The summed E-state index contributed by atoms with van der Waals surface area (Å²) < 4.78 is 0. The summed E-state index contributed by atoms with van der Waals surface area (Å²) in [5.74, 6) is 0.167. The molecule has 23 heavy (non-hydrogen) atoms. The van der Waals surface area contributed by atoms with Crippen LogP contribution in [0.2, 0.25) is 0 Å². The minimum Gasteiger partial charge on any atom is -0.370 e. The topological polar surface area (TPSA) is 36.4 Å². The number of piperidine rings is 1. The maximum absolute atomic E-state index is 12.9. The fourth-order valence-electron chi connectivity index (χ4n) is 3.90. The molecule has 0 bridgehead atoms. The van der Waals surface area contributed by atoms with Crippen molar-refractivity contribution in [2.75, 3.05) is 24.5 Å². The van der Waals surface area contributed by atoms with E-state index in [4.69, 9.17) is 0 Å². The smallest absolute Gasteiger partial charge is 0.255 e. The number of amides is 1. The van der Waals surface area contributed by atoms with Crippen molar-refractivity contribution in [3.05, 3.63) is 24.0 Å². The van der Waals surface area contributed by atoms with E-state index in [1.54, 1.807) is 6.20 Å². The fourth-order valence-corrected chi connectivity index (χ4v) is 3.90. The number of hydrogen-bond acceptors (Lipinski definition) is 3. The van der Waals surface area contributed by atoms with E-state index in [1.165, 1.54) is 32.1 Å². The largest absolute Gasteiger partial charge is 0.370 e. The van der Waals surface area contributed by atoms with Crippen LogP contribution in [0.25, 0.3) is 0 Å². The van der Waals surface area contributed by atoms with Gasteiger partial charge >= 0.3 is 0 Å². The van der Waals surface area contributed by atoms with Crippen LogP contribution >= 0.6 is 0 Å².